The second kappa shape index (κ2) is 5.31. The molecule has 1 aliphatic carbocycles. The van der Waals surface area contributed by atoms with Gasteiger partial charge in [-0.15, -0.1) is 0 Å². The summed E-state index contributed by atoms with van der Waals surface area (Å²) in [5.74, 6) is 2.94. The van der Waals surface area contributed by atoms with E-state index in [1.54, 1.807) is 0 Å². The molecule has 18 heavy (non-hydrogen) atoms. The third-order valence-electron chi connectivity index (χ3n) is 4.87. The van der Waals surface area contributed by atoms with Gasteiger partial charge in [0, 0.05) is 6.61 Å². The lowest BCUT2D eigenvalue weighted by molar-refractivity contribution is -0.137. The molecule has 0 aromatic carbocycles. The van der Waals surface area contributed by atoms with Crippen LogP contribution >= 0.6 is 11.8 Å². The Labute approximate surface area is 113 Å². The van der Waals surface area contributed by atoms with Crippen molar-refractivity contribution in [3.63, 3.8) is 0 Å². The van der Waals surface area contributed by atoms with E-state index in [4.69, 9.17) is 4.74 Å². The van der Waals surface area contributed by atoms with Crippen LogP contribution in [0.2, 0.25) is 0 Å². The molecule has 3 nitrogen and oxygen atoms in total. The van der Waals surface area contributed by atoms with Crippen LogP contribution in [0.25, 0.3) is 0 Å². The van der Waals surface area contributed by atoms with Crippen molar-refractivity contribution in [2.45, 2.75) is 56.3 Å². The molecule has 3 atom stereocenters. The molecule has 4 heteroatoms. The second-order valence-corrected chi connectivity index (χ2v) is 7.44. The Hall–Kier alpha value is 0.230. The van der Waals surface area contributed by atoms with Gasteiger partial charge in [-0.3, -0.25) is 0 Å². The fraction of sp³-hybridized carbons (Fsp3) is 1.00. The summed E-state index contributed by atoms with van der Waals surface area (Å²) in [4.78, 5) is 0. The number of rotatable bonds is 3. The zero-order valence-corrected chi connectivity index (χ0v) is 11.7. The summed E-state index contributed by atoms with van der Waals surface area (Å²) >= 11 is 2.00. The third kappa shape index (κ3) is 2.72. The van der Waals surface area contributed by atoms with Gasteiger partial charge in [0.25, 0.3) is 0 Å². The standard InChI is InChI=1S/C14H24O3S/c15-12(10-1-2-10)13(16)11-3-6-17-14(9-11)4-7-18-8-5-14/h10-13,15-16H,1-9H2. The Balaban J connectivity index is 1.61. The van der Waals surface area contributed by atoms with Crippen molar-refractivity contribution in [2.24, 2.45) is 11.8 Å². The van der Waals surface area contributed by atoms with E-state index >= 15 is 0 Å². The highest BCUT2D eigenvalue weighted by molar-refractivity contribution is 7.99. The van der Waals surface area contributed by atoms with Crippen molar-refractivity contribution < 1.29 is 14.9 Å². The lowest BCUT2D eigenvalue weighted by Crippen LogP contribution is -2.48. The first-order chi connectivity index (χ1) is 8.70. The van der Waals surface area contributed by atoms with Gasteiger partial charge in [-0.05, 0) is 61.9 Å². The average molecular weight is 272 g/mol. The van der Waals surface area contributed by atoms with Crippen LogP contribution in [0.4, 0.5) is 0 Å². The van der Waals surface area contributed by atoms with Crippen molar-refractivity contribution in [3.8, 4) is 0 Å². The van der Waals surface area contributed by atoms with Crippen molar-refractivity contribution in [3.05, 3.63) is 0 Å². The van der Waals surface area contributed by atoms with Crippen LogP contribution in [0.15, 0.2) is 0 Å². The largest absolute Gasteiger partial charge is 0.390 e. The molecule has 1 saturated carbocycles. The highest BCUT2D eigenvalue weighted by Gasteiger charge is 2.44. The fourth-order valence-electron chi connectivity index (χ4n) is 3.44. The van der Waals surface area contributed by atoms with Crippen LogP contribution in [0.3, 0.4) is 0 Å². The maximum atomic E-state index is 10.4. The maximum absolute atomic E-state index is 10.4. The van der Waals surface area contributed by atoms with E-state index in [2.05, 4.69) is 0 Å². The van der Waals surface area contributed by atoms with Gasteiger partial charge in [0.2, 0.25) is 0 Å². The van der Waals surface area contributed by atoms with Crippen molar-refractivity contribution >= 4 is 11.8 Å². The lowest BCUT2D eigenvalue weighted by atomic mass is 9.78. The van der Waals surface area contributed by atoms with E-state index < -0.39 is 12.2 Å². The summed E-state index contributed by atoms with van der Waals surface area (Å²) in [5, 5.41) is 20.5. The Morgan fingerprint density at radius 2 is 1.67 bits per heavy atom. The summed E-state index contributed by atoms with van der Waals surface area (Å²) in [6.45, 7) is 0.754. The van der Waals surface area contributed by atoms with Gasteiger partial charge in [-0.1, -0.05) is 0 Å². The quantitative estimate of drug-likeness (QED) is 0.823. The van der Waals surface area contributed by atoms with Gasteiger partial charge in [0.05, 0.1) is 17.8 Å². The molecule has 104 valence electrons. The molecule has 1 spiro atoms. The van der Waals surface area contributed by atoms with Gasteiger partial charge >= 0.3 is 0 Å². The molecule has 3 unspecified atom stereocenters. The van der Waals surface area contributed by atoms with Gasteiger partial charge < -0.3 is 14.9 Å². The van der Waals surface area contributed by atoms with E-state index in [-0.39, 0.29) is 11.5 Å². The Morgan fingerprint density at radius 3 is 2.33 bits per heavy atom. The SMILES string of the molecule is OC(C1CC1)C(O)C1CCOC2(CCSCC2)C1. The molecular formula is C14H24O3S. The number of hydrogen-bond acceptors (Lipinski definition) is 4. The molecule has 0 aromatic heterocycles. The number of ether oxygens (including phenoxy) is 1. The van der Waals surface area contributed by atoms with Gasteiger partial charge in [-0.2, -0.15) is 11.8 Å². The minimum absolute atomic E-state index is 0.0123. The smallest absolute Gasteiger partial charge is 0.0831 e. The zero-order chi connectivity index (χ0) is 12.6. The molecule has 0 amide bonds. The highest BCUT2D eigenvalue weighted by atomic mass is 32.2. The molecule has 2 N–H and O–H groups in total. The lowest BCUT2D eigenvalue weighted by Gasteiger charge is -2.45. The van der Waals surface area contributed by atoms with E-state index in [0.717, 1.165) is 45.1 Å². The summed E-state index contributed by atoms with van der Waals surface area (Å²) in [7, 11) is 0. The molecule has 2 heterocycles. The van der Waals surface area contributed by atoms with Gasteiger partial charge in [0.15, 0.2) is 0 Å². The summed E-state index contributed by atoms with van der Waals surface area (Å²) in [6, 6.07) is 0. The average Bonchev–Trinajstić information content (AvgIpc) is 3.22. The first-order valence-corrected chi connectivity index (χ1v) is 8.43. The van der Waals surface area contributed by atoms with Crippen LogP contribution in [-0.4, -0.2) is 46.1 Å². The van der Waals surface area contributed by atoms with E-state index in [9.17, 15) is 10.2 Å². The molecule has 3 aliphatic rings. The van der Waals surface area contributed by atoms with E-state index in [0.29, 0.717) is 5.92 Å². The topological polar surface area (TPSA) is 49.7 Å². The van der Waals surface area contributed by atoms with Crippen LogP contribution in [0.5, 0.6) is 0 Å². The fourth-order valence-corrected chi connectivity index (χ4v) is 4.68. The van der Waals surface area contributed by atoms with Crippen LogP contribution in [0.1, 0.15) is 38.5 Å². The Bertz CT molecular complexity index is 281. The normalized spacial score (nSPS) is 35.3. The number of thioether (sulfide) groups is 1. The van der Waals surface area contributed by atoms with Crippen molar-refractivity contribution in [1.82, 2.24) is 0 Å². The van der Waals surface area contributed by atoms with E-state index in [1.807, 2.05) is 11.8 Å². The minimum Gasteiger partial charge on any atom is -0.390 e. The summed E-state index contributed by atoms with van der Waals surface area (Å²) in [5.41, 5.74) is 0.0123. The van der Waals surface area contributed by atoms with E-state index in [1.165, 1.54) is 11.5 Å². The van der Waals surface area contributed by atoms with Crippen LogP contribution < -0.4 is 0 Å². The third-order valence-corrected chi connectivity index (χ3v) is 5.86. The maximum Gasteiger partial charge on any atom is 0.0831 e. The molecule has 0 radical (unpaired) electrons. The first kappa shape index (κ1) is 13.2. The van der Waals surface area contributed by atoms with Gasteiger partial charge in [0.1, 0.15) is 0 Å². The molecule has 2 aliphatic heterocycles. The number of aliphatic hydroxyl groups is 2. The minimum atomic E-state index is -0.534. The van der Waals surface area contributed by atoms with Crippen LogP contribution in [0, 0.1) is 11.8 Å². The van der Waals surface area contributed by atoms with Crippen molar-refractivity contribution in [2.75, 3.05) is 18.1 Å². The molecule has 3 rings (SSSR count). The predicted octanol–water partition coefficient (Wildman–Crippen LogP) is 1.81. The van der Waals surface area contributed by atoms with Gasteiger partial charge in [-0.25, -0.2) is 0 Å². The molecule has 3 fully saturated rings. The first-order valence-electron chi connectivity index (χ1n) is 7.28. The second-order valence-electron chi connectivity index (χ2n) is 6.22. The molecule has 0 bridgehead atoms. The summed E-state index contributed by atoms with van der Waals surface area (Å²) in [6.07, 6.45) is 5.21. The Morgan fingerprint density at radius 1 is 1.00 bits per heavy atom. The predicted molar refractivity (Wildman–Crippen MR) is 72.7 cm³/mol. The molecule has 2 saturated heterocycles. The molecule has 0 aromatic rings. The number of hydrogen-bond donors (Lipinski definition) is 2. The van der Waals surface area contributed by atoms with Crippen molar-refractivity contribution in [1.29, 1.82) is 0 Å². The highest BCUT2D eigenvalue weighted by Crippen LogP contribution is 2.43. The van der Waals surface area contributed by atoms with Crippen LogP contribution in [-0.2, 0) is 4.74 Å². The monoisotopic (exact) mass is 272 g/mol. The zero-order valence-electron chi connectivity index (χ0n) is 10.9. The summed E-state index contributed by atoms with van der Waals surface area (Å²) < 4.78 is 6.04. The molecular weight excluding hydrogens is 248 g/mol. The number of aliphatic hydroxyl groups excluding tert-OH is 2. The Kier molecular flexibility index (Phi) is 3.90.